The first kappa shape index (κ1) is 14.2. The van der Waals surface area contributed by atoms with Crippen LogP contribution in [0.5, 0.6) is 0 Å². The Morgan fingerprint density at radius 1 is 1.28 bits per heavy atom. The first-order chi connectivity index (χ1) is 8.72. The number of likely N-dealkylation sites (N-methyl/N-ethyl adjacent to an activating group) is 1. The van der Waals surface area contributed by atoms with Crippen molar-refractivity contribution in [2.75, 3.05) is 39.8 Å². The highest BCUT2D eigenvalue weighted by molar-refractivity contribution is 8.14. The summed E-state index contributed by atoms with van der Waals surface area (Å²) in [4.78, 5) is 7.03. The molecule has 0 spiro atoms. The van der Waals surface area contributed by atoms with Crippen LogP contribution in [-0.2, 0) is 0 Å². The van der Waals surface area contributed by atoms with E-state index in [0.29, 0.717) is 5.25 Å². The molecule has 1 fully saturated rings. The van der Waals surface area contributed by atoms with Gasteiger partial charge >= 0.3 is 0 Å². The summed E-state index contributed by atoms with van der Waals surface area (Å²) in [6, 6.07) is 0. The van der Waals surface area contributed by atoms with E-state index in [0.717, 1.165) is 43.8 Å². The van der Waals surface area contributed by atoms with Gasteiger partial charge in [0.05, 0.1) is 6.54 Å². The fraction of sp³-hybridized carbons (Fsp3) is 0.923. The third-order valence-corrected chi connectivity index (χ3v) is 5.29. The largest absolute Gasteiger partial charge is 0.304 e. The second kappa shape index (κ2) is 6.78. The highest BCUT2D eigenvalue weighted by Crippen LogP contribution is 2.30. The number of hydrogen-bond donors (Lipinski definition) is 1. The zero-order chi connectivity index (χ0) is 13.0. The Kier molecular flexibility index (Phi) is 5.33. The average Bonchev–Trinajstić information content (AvgIpc) is 2.82. The summed E-state index contributed by atoms with van der Waals surface area (Å²) in [6.45, 7) is 10.0. The van der Waals surface area contributed by atoms with Crippen molar-refractivity contribution in [1.29, 1.82) is 0 Å². The van der Waals surface area contributed by atoms with Crippen LogP contribution in [0.3, 0.4) is 0 Å². The fourth-order valence-corrected chi connectivity index (χ4v) is 3.91. The summed E-state index contributed by atoms with van der Waals surface area (Å²) >= 11 is 1.95. The lowest BCUT2D eigenvalue weighted by Crippen LogP contribution is -2.51. The monoisotopic (exact) mass is 270 g/mol. The molecule has 18 heavy (non-hydrogen) atoms. The summed E-state index contributed by atoms with van der Waals surface area (Å²) in [5, 5.41) is 4.13. The number of thioether (sulfide) groups is 1. The molecule has 2 heterocycles. The van der Waals surface area contributed by atoms with Gasteiger partial charge in [0.25, 0.3) is 0 Å². The van der Waals surface area contributed by atoms with Crippen molar-refractivity contribution in [2.45, 2.75) is 31.9 Å². The molecule has 0 bridgehead atoms. The Balaban J connectivity index is 1.75. The smallest absolute Gasteiger partial charge is 0.171 e. The molecule has 0 aromatic heterocycles. The van der Waals surface area contributed by atoms with Crippen molar-refractivity contribution < 1.29 is 0 Å². The minimum atomic E-state index is 0.690. The maximum Gasteiger partial charge on any atom is 0.171 e. The van der Waals surface area contributed by atoms with E-state index in [4.69, 9.17) is 0 Å². The van der Waals surface area contributed by atoms with Crippen LogP contribution in [0.4, 0.5) is 0 Å². The van der Waals surface area contributed by atoms with Crippen LogP contribution < -0.4 is 5.43 Å². The minimum Gasteiger partial charge on any atom is -0.304 e. The molecule has 0 amide bonds. The third kappa shape index (κ3) is 3.62. The topological polar surface area (TPSA) is 30.9 Å². The Hall–Kier alpha value is -0.260. The molecule has 5 heteroatoms. The quantitative estimate of drug-likeness (QED) is 0.841. The molecule has 104 valence electrons. The van der Waals surface area contributed by atoms with Crippen LogP contribution in [0.25, 0.3) is 0 Å². The minimum absolute atomic E-state index is 0.690. The number of amidine groups is 1. The van der Waals surface area contributed by atoms with Crippen LogP contribution in [0.15, 0.2) is 4.99 Å². The molecule has 1 N–H and O–H groups in total. The van der Waals surface area contributed by atoms with Gasteiger partial charge in [-0.2, -0.15) is 0 Å². The molecule has 1 unspecified atom stereocenters. The maximum absolute atomic E-state index is 4.66. The van der Waals surface area contributed by atoms with Gasteiger partial charge in [-0.05, 0) is 13.0 Å². The Morgan fingerprint density at radius 2 is 1.94 bits per heavy atom. The molecule has 0 aromatic carbocycles. The van der Waals surface area contributed by atoms with Crippen molar-refractivity contribution in [3.63, 3.8) is 0 Å². The predicted molar refractivity (Wildman–Crippen MR) is 80.0 cm³/mol. The van der Waals surface area contributed by atoms with E-state index in [2.05, 4.69) is 41.2 Å². The van der Waals surface area contributed by atoms with Gasteiger partial charge in [0.15, 0.2) is 5.17 Å². The number of aliphatic imine (C=N–C) groups is 1. The van der Waals surface area contributed by atoms with Crippen LogP contribution in [0.1, 0.15) is 26.7 Å². The molecule has 0 aliphatic carbocycles. The molecular formula is C13H26N4S. The van der Waals surface area contributed by atoms with Crippen LogP contribution in [0, 0.1) is 5.92 Å². The van der Waals surface area contributed by atoms with E-state index in [1.807, 2.05) is 11.8 Å². The average molecular weight is 270 g/mol. The summed E-state index contributed by atoms with van der Waals surface area (Å²) in [7, 11) is 2.18. The van der Waals surface area contributed by atoms with Gasteiger partial charge in [0.2, 0.25) is 0 Å². The van der Waals surface area contributed by atoms with Gasteiger partial charge in [-0.15, -0.1) is 0 Å². The van der Waals surface area contributed by atoms with E-state index in [1.165, 1.54) is 12.8 Å². The number of hydrogen-bond acceptors (Lipinski definition) is 5. The zero-order valence-corrected chi connectivity index (χ0v) is 12.7. The molecule has 1 atom stereocenters. The maximum atomic E-state index is 4.66. The lowest BCUT2D eigenvalue weighted by molar-refractivity contribution is 0.132. The molecule has 0 saturated carbocycles. The van der Waals surface area contributed by atoms with Crippen molar-refractivity contribution in [2.24, 2.45) is 10.9 Å². The van der Waals surface area contributed by atoms with Crippen molar-refractivity contribution in [3.05, 3.63) is 0 Å². The molecule has 1 saturated heterocycles. The summed E-state index contributed by atoms with van der Waals surface area (Å²) in [6.07, 6.45) is 2.54. The van der Waals surface area contributed by atoms with Gasteiger partial charge in [-0.1, -0.05) is 38.5 Å². The van der Waals surface area contributed by atoms with E-state index < -0.39 is 0 Å². The van der Waals surface area contributed by atoms with E-state index in [-0.39, 0.29) is 0 Å². The Bertz CT molecular complexity index is 283. The highest BCUT2D eigenvalue weighted by Gasteiger charge is 2.27. The summed E-state index contributed by atoms with van der Waals surface area (Å²) in [5.74, 6) is 0.811. The molecule has 2 rings (SSSR count). The zero-order valence-electron chi connectivity index (χ0n) is 11.9. The highest BCUT2D eigenvalue weighted by atomic mass is 32.2. The molecule has 2 aliphatic rings. The molecule has 0 radical (unpaired) electrons. The van der Waals surface area contributed by atoms with E-state index in [1.54, 1.807) is 0 Å². The molecular weight excluding hydrogens is 244 g/mol. The van der Waals surface area contributed by atoms with Crippen LogP contribution in [-0.4, -0.2) is 60.1 Å². The van der Waals surface area contributed by atoms with E-state index >= 15 is 0 Å². The fourth-order valence-electron chi connectivity index (χ4n) is 2.57. The van der Waals surface area contributed by atoms with Crippen molar-refractivity contribution in [3.8, 4) is 0 Å². The van der Waals surface area contributed by atoms with E-state index in [9.17, 15) is 0 Å². The summed E-state index contributed by atoms with van der Waals surface area (Å²) < 4.78 is 0. The number of nitrogens with one attached hydrogen (secondary N) is 1. The standard InChI is InChI=1S/C13H26N4S/c1-4-11(5-2)12-10-14-13(18-12)15-17-8-6-16(3)7-9-17/h11-12H,4-10H2,1-3H3,(H,14,15). The predicted octanol–water partition coefficient (Wildman–Crippen LogP) is 1.65. The SMILES string of the molecule is CCC(CC)C1CN=C(NN2CCN(C)CC2)S1. The molecule has 0 aromatic rings. The normalized spacial score (nSPS) is 26.7. The second-order valence-electron chi connectivity index (χ2n) is 5.28. The first-order valence-corrected chi connectivity index (χ1v) is 8.02. The number of rotatable bonds is 4. The Labute approximate surface area is 115 Å². The van der Waals surface area contributed by atoms with Crippen molar-refractivity contribution in [1.82, 2.24) is 15.3 Å². The van der Waals surface area contributed by atoms with Gasteiger partial charge in [-0.25, -0.2) is 5.01 Å². The third-order valence-electron chi connectivity index (χ3n) is 4.01. The summed E-state index contributed by atoms with van der Waals surface area (Å²) in [5.41, 5.74) is 3.49. The molecule has 4 nitrogen and oxygen atoms in total. The lowest BCUT2D eigenvalue weighted by atomic mass is 9.99. The first-order valence-electron chi connectivity index (χ1n) is 7.14. The van der Waals surface area contributed by atoms with Gasteiger partial charge in [-0.3, -0.25) is 10.4 Å². The number of hydrazine groups is 1. The van der Waals surface area contributed by atoms with Gasteiger partial charge in [0, 0.05) is 31.4 Å². The molecule has 2 aliphatic heterocycles. The lowest BCUT2D eigenvalue weighted by Gasteiger charge is -2.32. The van der Waals surface area contributed by atoms with Crippen LogP contribution in [0.2, 0.25) is 0 Å². The number of nitrogens with zero attached hydrogens (tertiary/aromatic N) is 3. The number of piperazine rings is 1. The Morgan fingerprint density at radius 3 is 2.56 bits per heavy atom. The van der Waals surface area contributed by atoms with Gasteiger partial charge in [0.1, 0.15) is 0 Å². The van der Waals surface area contributed by atoms with Crippen molar-refractivity contribution >= 4 is 16.9 Å². The van der Waals surface area contributed by atoms with Gasteiger partial charge < -0.3 is 4.90 Å². The van der Waals surface area contributed by atoms with Crippen LogP contribution >= 0.6 is 11.8 Å². The second-order valence-corrected chi connectivity index (χ2v) is 6.51.